The smallest absolute Gasteiger partial charge is 0.287 e. The first-order valence-corrected chi connectivity index (χ1v) is 7.82. The van der Waals surface area contributed by atoms with Crippen molar-refractivity contribution in [2.75, 3.05) is 5.32 Å². The van der Waals surface area contributed by atoms with Crippen LogP contribution in [0.15, 0.2) is 59.0 Å². The number of hydrogen-bond acceptors (Lipinski definition) is 5. The minimum atomic E-state index is -0.517. The number of benzene rings is 2. The Morgan fingerprint density at radius 2 is 1.92 bits per heavy atom. The molecular formula is C17H14FN3O3S. The van der Waals surface area contributed by atoms with E-state index in [0.29, 0.717) is 5.75 Å². The fourth-order valence-electron chi connectivity index (χ4n) is 2.06. The van der Waals surface area contributed by atoms with Crippen LogP contribution < -0.4 is 10.1 Å². The van der Waals surface area contributed by atoms with Crippen LogP contribution in [0.25, 0.3) is 0 Å². The topological polar surface area (TPSA) is 69.3 Å². The number of para-hydroxylation sites is 2. The van der Waals surface area contributed by atoms with E-state index in [0.717, 1.165) is 0 Å². The fraction of sp³-hybridized carbons (Fsp3) is 0.118. The van der Waals surface area contributed by atoms with E-state index in [9.17, 15) is 9.18 Å². The summed E-state index contributed by atoms with van der Waals surface area (Å²) < 4.78 is 25.6. The van der Waals surface area contributed by atoms with Crippen molar-refractivity contribution in [1.82, 2.24) is 9.78 Å². The number of nitrogens with zero attached hydrogens (tertiary/aromatic N) is 2. The number of carbonyl (C=O) groups excluding carboxylic acids is 1. The van der Waals surface area contributed by atoms with Gasteiger partial charge in [0.2, 0.25) is 5.91 Å². The van der Waals surface area contributed by atoms with Gasteiger partial charge in [0.05, 0.1) is 5.69 Å². The summed E-state index contributed by atoms with van der Waals surface area (Å²) in [6.07, 6.45) is 0. The molecule has 25 heavy (non-hydrogen) atoms. The van der Waals surface area contributed by atoms with Gasteiger partial charge in [0.25, 0.3) is 10.7 Å². The van der Waals surface area contributed by atoms with Crippen LogP contribution in [-0.2, 0) is 17.9 Å². The molecule has 0 atom stereocenters. The lowest BCUT2D eigenvalue weighted by molar-refractivity contribution is -0.117. The van der Waals surface area contributed by atoms with Crippen LogP contribution in [0.5, 0.6) is 5.75 Å². The lowest BCUT2D eigenvalue weighted by Gasteiger charge is -2.05. The molecule has 0 spiro atoms. The average molecular weight is 359 g/mol. The van der Waals surface area contributed by atoms with E-state index in [4.69, 9.17) is 21.4 Å². The Balaban J connectivity index is 1.61. The quantitative estimate of drug-likeness (QED) is 0.682. The highest BCUT2D eigenvalue weighted by atomic mass is 32.1. The Kier molecular flexibility index (Phi) is 5.20. The predicted octanol–water partition coefficient (Wildman–Crippen LogP) is 3.56. The molecule has 0 bridgehead atoms. The van der Waals surface area contributed by atoms with E-state index in [1.807, 2.05) is 18.2 Å². The normalized spacial score (nSPS) is 10.4. The van der Waals surface area contributed by atoms with Gasteiger partial charge >= 0.3 is 0 Å². The van der Waals surface area contributed by atoms with Crippen molar-refractivity contribution in [1.29, 1.82) is 0 Å². The van der Waals surface area contributed by atoms with E-state index >= 15 is 0 Å². The molecule has 0 aliphatic heterocycles. The second-order valence-electron chi connectivity index (χ2n) is 5.05. The van der Waals surface area contributed by atoms with Crippen LogP contribution in [-0.4, -0.2) is 15.7 Å². The van der Waals surface area contributed by atoms with Gasteiger partial charge in [-0.15, -0.1) is 5.10 Å². The highest BCUT2D eigenvalue weighted by molar-refractivity contribution is 7.71. The highest BCUT2D eigenvalue weighted by Gasteiger charge is 2.12. The number of amides is 1. The van der Waals surface area contributed by atoms with Crippen LogP contribution in [0, 0.1) is 10.7 Å². The standard InChI is InChI=1S/C17H14FN3O3S/c18-13-8-4-5-9-14(13)19-15(22)10-21-17(25)24-16(20-21)11-23-12-6-2-1-3-7-12/h1-9H,10-11H2,(H,19,22). The van der Waals surface area contributed by atoms with Crippen LogP contribution in [0.4, 0.5) is 10.1 Å². The van der Waals surface area contributed by atoms with Crippen LogP contribution in [0.3, 0.4) is 0 Å². The largest absolute Gasteiger partial charge is 0.484 e. The average Bonchev–Trinajstić information content (AvgIpc) is 2.96. The third kappa shape index (κ3) is 4.51. The summed E-state index contributed by atoms with van der Waals surface area (Å²) >= 11 is 5.04. The molecule has 0 radical (unpaired) electrons. The Labute approximate surface area is 147 Å². The Hall–Kier alpha value is -3.00. The number of anilines is 1. The molecule has 2 aromatic carbocycles. The second-order valence-corrected chi connectivity index (χ2v) is 5.40. The van der Waals surface area contributed by atoms with Crippen LogP contribution in [0.1, 0.15) is 5.89 Å². The zero-order valence-corrected chi connectivity index (χ0v) is 13.8. The summed E-state index contributed by atoms with van der Waals surface area (Å²) in [6.45, 7) is -0.114. The molecule has 6 nitrogen and oxygen atoms in total. The molecule has 0 saturated carbocycles. The van der Waals surface area contributed by atoms with Crippen molar-refractivity contribution < 1.29 is 18.3 Å². The van der Waals surface area contributed by atoms with Gasteiger partial charge in [0.1, 0.15) is 18.1 Å². The van der Waals surface area contributed by atoms with E-state index in [2.05, 4.69) is 10.4 Å². The van der Waals surface area contributed by atoms with Gasteiger partial charge in [0.15, 0.2) is 6.61 Å². The molecule has 0 fully saturated rings. The van der Waals surface area contributed by atoms with E-state index in [-0.39, 0.29) is 29.6 Å². The van der Waals surface area contributed by atoms with E-state index in [1.54, 1.807) is 18.2 Å². The van der Waals surface area contributed by atoms with Crippen molar-refractivity contribution in [3.05, 3.63) is 71.1 Å². The van der Waals surface area contributed by atoms with Crippen molar-refractivity contribution in [2.45, 2.75) is 13.2 Å². The van der Waals surface area contributed by atoms with E-state index in [1.165, 1.54) is 22.9 Å². The van der Waals surface area contributed by atoms with Gasteiger partial charge < -0.3 is 14.5 Å². The summed E-state index contributed by atoms with van der Waals surface area (Å²) in [6, 6.07) is 15.1. The first kappa shape index (κ1) is 16.8. The summed E-state index contributed by atoms with van der Waals surface area (Å²) in [7, 11) is 0. The van der Waals surface area contributed by atoms with Gasteiger partial charge in [0, 0.05) is 0 Å². The molecule has 0 unspecified atom stereocenters. The highest BCUT2D eigenvalue weighted by Crippen LogP contribution is 2.13. The molecule has 3 rings (SSSR count). The molecule has 0 saturated heterocycles. The summed E-state index contributed by atoms with van der Waals surface area (Å²) in [5.74, 6) is -0.0791. The number of ether oxygens (including phenoxy) is 1. The second kappa shape index (κ2) is 7.71. The molecule has 0 aliphatic rings. The summed E-state index contributed by atoms with van der Waals surface area (Å²) in [4.78, 5) is 12.1. The maximum Gasteiger partial charge on any atom is 0.287 e. The Morgan fingerprint density at radius 3 is 2.68 bits per heavy atom. The lowest BCUT2D eigenvalue weighted by atomic mass is 10.3. The van der Waals surface area contributed by atoms with Gasteiger partial charge in [-0.05, 0) is 36.5 Å². The monoisotopic (exact) mass is 359 g/mol. The molecule has 128 valence electrons. The van der Waals surface area contributed by atoms with Crippen molar-refractivity contribution in [3.63, 3.8) is 0 Å². The Morgan fingerprint density at radius 1 is 1.20 bits per heavy atom. The van der Waals surface area contributed by atoms with Crippen LogP contribution >= 0.6 is 12.2 Å². The van der Waals surface area contributed by atoms with Gasteiger partial charge in [-0.25, -0.2) is 9.07 Å². The van der Waals surface area contributed by atoms with Gasteiger partial charge in [-0.2, -0.15) is 0 Å². The zero-order valence-electron chi connectivity index (χ0n) is 13.0. The number of rotatable bonds is 6. The Bertz CT molecular complexity index is 924. The third-order valence-electron chi connectivity index (χ3n) is 3.19. The predicted molar refractivity (Wildman–Crippen MR) is 91.1 cm³/mol. The number of carbonyl (C=O) groups is 1. The number of nitrogens with one attached hydrogen (secondary N) is 1. The first-order chi connectivity index (χ1) is 12.1. The van der Waals surface area contributed by atoms with Crippen molar-refractivity contribution in [3.8, 4) is 5.75 Å². The van der Waals surface area contributed by atoms with Gasteiger partial charge in [-0.1, -0.05) is 30.3 Å². The molecule has 1 N–H and O–H groups in total. The number of halogens is 1. The zero-order chi connectivity index (χ0) is 17.6. The molecule has 8 heteroatoms. The molecule has 1 heterocycles. The molecule has 0 aliphatic carbocycles. The summed E-state index contributed by atoms with van der Waals surface area (Å²) in [5, 5.41) is 6.55. The molecule has 3 aromatic rings. The van der Waals surface area contributed by atoms with Crippen molar-refractivity contribution >= 4 is 23.8 Å². The maximum absolute atomic E-state index is 13.5. The van der Waals surface area contributed by atoms with Crippen LogP contribution in [0.2, 0.25) is 0 Å². The minimum Gasteiger partial charge on any atom is -0.484 e. The number of aromatic nitrogens is 2. The molecule has 1 aromatic heterocycles. The fourth-order valence-corrected chi connectivity index (χ4v) is 2.26. The summed E-state index contributed by atoms with van der Waals surface area (Å²) in [5.41, 5.74) is 0.0927. The SMILES string of the molecule is O=C(Cn1nc(COc2ccccc2)oc1=S)Nc1ccccc1F. The third-order valence-corrected chi connectivity index (χ3v) is 3.49. The minimum absolute atomic E-state index is 0.0374. The maximum atomic E-state index is 13.5. The van der Waals surface area contributed by atoms with Crippen molar-refractivity contribution in [2.24, 2.45) is 0 Å². The van der Waals surface area contributed by atoms with Gasteiger partial charge in [-0.3, -0.25) is 4.79 Å². The lowest BCUT2D eigenvalue weighted by Crippen LogP contribution is -2.20. The van der Waals surface area contributed by atoms with E-state index < -0.39 is 11.7 Å². The number of hydrogen-bond donors (Lipinski definition) is 1. The molecule has 1 amide bonds. The first-order valence-electron chi connectivity index (χ1n) is 7.41. The molecular weight excluding hydrogens is 345 g/mol.